The Balaban J connectivity index is 0.000000132. The third kappa shape index (κ3) is 13.4. The first-order valence-corrected chi connectivity index (χ1v) is 27.7. The van der Waals surface area contributed by atoms with Gasteiger partial charge in [-0.2, -0.15) is 0 Å². The Bertz CT molecular complexity index is 4630. The molecule has 0 saturated heterocycles. The molecule has 1 unspecified atom stereocenters. The summed E-state index contributed by atoms with van der Waals surface area (Å²) in [5.74, 6) is 4.75. The van der Waals surface area contributed by atoms with Gasteiger partial charge < -0.3 is 52.3 Å². The first kappa shape index (κ1) is 61.6. The largest absolute Gasteiger partial charge is 0.507 e. The van der Waals surface area contributed by atoms with Crippen LogP contribution in [0, 0.1) is 0 Å². The van der Waals surface area contributed by atoms with E-state index in [0.29, 0.717) is 52.0 Å². The van der Waals surface area contributed by atoms with Crippen molar-refractivity contribution in [2.24, 2.45) is 0 Å². The molecule has 17 heteroatoms. The third-order valence-corrected chi connectivity index (χ3v) is 15.0. The van der Waals surface area contributed by atoms with Gasteiger partial charge in [0.2, 0.25) is 0 Å². The molecule has 2 aromatic heterocycles. The Hall–Kier alpha value is -10.9. The van der Waals surface area contributed by atoms with Crippen LogP contribution in [0.5, 0.6) is 51.7 Å². The summed E-state index contributed by atoms with van der Waals surface area (Å²) in [5, 5.41) is 34.6. The summed E-state index contributed by atoms with van der Waals surface area (Å²) in [6, 6.07) is 49.6. The van der Waals surface area contributed by atoms with Gasteiger partial charge in [0.15, 0.2) is 17.1 Å². The lowest BCUT2D eigenvalue weighted by atomic mass is 9.83. The predicted octanol–water partition coefficient (Wildman–Crippen LogP) is 14.7. The van der Waals surface area contributed by atoms with Crippen LogP contribution in [0.15, 0.2) is 178 Å². The van der Waals surface area contributed by atoms with E-state index in [4.69, 9.17) is 42.1 Å². The summed E-state index contributed by atoms with van der Waals surface area (Å²) in [7, 11) is 11.3. The minimum atomic E-state index is -0.562. The first-order chi connectivity index (χ1) is 42.5. The van der Waals surface area contributed by atoms with Crippen molar-refractivity contribution in [2.45, 2.75) is 39.0 Å². The average Bonchev–Trinajstić information content (AvgIpc) is 1.80. The second kappa shape index (κ2) is 27.4. The summed E-state index contributed by atoms with van der Waals surface area (Å²) in [4.78, 5) is 58.0. The van der Waals surface area contributed by atoms with Crippen molar-refractivity contribution in [3.8, 4) is 51.7 Å². The van der Waals surface area contributed by atoms with E-state index >= 15 is 0 Å². The molecule has 0 amide bonds. The number of Topliss-reactive ketones (excluding diaryl/α,β-unsaturated/α-hetero) is 4. The molecule has 13 rings (SSSR count). The fourth-order valence-corrected chi connectivity index (χ4v) is 10.6. The first-order valence-electron chi connectivity index (χ1n) is 27.7. The van der Waals surface area contributed by atoms with Gasteiger partial charge in [0, 0.05) is 6.42 Å². The second-order valence-corrected chi connectivity index (χ2v) is 20.3. The number of methoxy groups -OCH3 is 7. The Morgan fingerprint density at radius 3 is 1.33 bits per heavy atom. The number of phenols is 1. The number of benzene rings is 10. The second-order valence-electron chi connectivity index (χ2n) is 20.3. The topological polar surface area (TPSA) is 230 Å². The quantitative estimate of drug-likeness (QED) is 0.0561. The third-order valence-electron chi connectivity index (χ3n) is 15.0. The number of carbonyl (C=O) groups excluding carboxylic acids is 4. The van der Waals surface area contributed by atoms with Crippen LogP contribution >= 0.6 is 0 Å². The summed E-state index contributed by atoms with van der Waals surface area (Å²) >= 11 is 0. The summed E-state index contributed by atoms with van der Waals surface area (Å²) in [5.41, 5.74) is 2.09. The number of ether oxygens (including phenoxy) is 7. The van der Waals surface area contributed by atoms with Crippen LogP contribution in [-0.4, -0.2) is 88.3 Å². The standard InChI is InChI=1S/C18H15NO4.C14H10O4.C14H14O3.C13H12O3.C12H12O2/c1-22-12-4-6-13-10(8-12)2-7-16-17(13)18(19-23-16)14-5-3-11(20)9-15(14)21;1-17-9-3-4-10-8(6-9)2-5-12-14(10)11(15)7-13(16)18-12;1-9(15)14-12-6-5-11(16-2)8-10(12)4-7-13(14)17-3;1-8(14)13-11-5-4-10(16-2)7-9(11)3-6-12(13)15;1-13-11-5-3-10-8-12(14-2)6-4-9(10)7-11/h2,4,6-8,14H,3,5,9H2,1H3;2-7,15H,1H3;4-8H,1-3H3;3-7,15H,1-2H3;3-8H,1-2H3. The Labute approximate surface area is 505 Å². The maximum Gasteiger partial charge on any atom is 0.339 e. The molecule has 1 fully saturated rings. The Morgan fingerprint density at radius 2 is 0.852 bits per heavy atom. The molecule has 448 valence electrons. The summed E-state index contributed by atoms with van der Waals surface area (Å²) in [6.07, 6.45) is 0.923. The molecule has 12 aromatic rings. The van der Waals surface area contributed by atoms with Crippen LogP contribution in [-0.2, 0) is 9.59 Å². The zero-order chi connectivity index (χ0) is 62.8. The molecule has 0 bridgehead atoms. The zero-order valence-electron chi connectivity index (χ0n) is 49.8. The molecular weight excluding hydrogens is 1120 g/mol. The monoisotopic (exact) mass is 1190 g/mol. The molecule has 17 nitrogen and oxygen atoms in total. The fraction of sp³-hybridized carbons (Fsp3) is 0.183. The number of carbonyl (C=O) groups is 4. The molecule has 0 spiro atoms. The number of hydrogen-bond acceptors (Lipinski definition) is 17. The smallest absolute Gasteiger partial charge is 0.339 e. The Morgan fingerprint density at radius 1 is 0.443 bits per heavy atom. The van der Waals surface area contributed by atoms with Crippen LogP contribution in [0.1, 0.15) is 65.4 Å². The maximum atomic E-state index is 12.3. The van der Waals surface area contributed by atoms with E-state index in [-0.39, 0.29) is 47.0 Å². The highest BCUT2D eigenvalue weighted by Gasteiger charge is 2.32. The SMILES string of the molecule is COc1ccc2c(C(C)=O)c(O)ccc2c1.COc1ccc2c(C(C)=O)c(OC)ccc2c1.COc1ccc2c(ccc3oc(=O)cc(O)c32)c1.COc1ccc2c(ccc3onc(C4CCC(=O)CC4=O)c32)c1.COc1ccc2cc(OC)ccc2c1. The van der Waals surface area contributed by atoms with Crippen LogP contribution in [0.25, 0.3) is 75.8 Å². The molecule has 1 atom stereocenters. The summed E-state index contributed by atoms with van der Waals surface area (Å²) in [6.45, 7) is 2.99. The van der Waals surface area contributed by atoms with E-state index in [1.807, 2.05) is 115 Å². The van der Waals surface area contributed by atoms with Gasteiger partial charge in [0.1, 0.15) is 74.6 Å². The molecule has 1 aliphatic carbocycles. The van der Waals surface area contributed by atoms with Crippen molar-refractivity contribution in [3.63, 3.8) is 0 Å². The van der Waals surface area contributed by atoms with Crippen LogP contribution in [0.4, 0.5) is 0 Å². The number of nitrogens with zero attached hydrogens (tertiary/aromatic N) is 1. The van der Waals surface area contributed by atoms with Gasteiger partial charge in [-0.15, -0.1) is 0 Å². The summed E-state index contributed by atoms with van der Waals surface area (Å²) < 4.78 is 46.7. The highest BCUT2D eigenvalue weighted by molar-refractivity contribution is 6.13. The van der Waals surface area contributed by atoms with Gasteiger partial charge >= 0.3 is 5.63 Å². The number of aromatic nitrogens is 1. The molecule has 2 heterocycles. The van der Waals surface area contributed by atoms with Crippen molar-refractivity contribution in [1.29, 1.82) is 0 Å². The molecule has 88 heavy (non-hydrogen) atoms. The molecular formula is C71H63NO16. The van der Waals surface area contributed by atoms with Crippen molar-refractivity contribution < 1.29 is 71.5 Å². The minimum absolute atomic E-state index is 0.00221. The maximum absolute atomic E-state index is 12.3. The number of aromatic hydroxyl groups is 2. The lowest BCUT2D eigenvalue weighted by Gasteiger charge is -2.17. The van der Waals surface area contributed by atoms with Gasteiger partial charge in [-0.3, -0.25) is 19.2 Å². The van der Waals surface area contributed by atoms with Crippen LogP contribution < -0.4 is 38.8 Å². The number of phenolic OH excluding ortho intramolecular Hbond substituents is 1. The molecule has 2 N–H and O–H groups in total. The lowest BCUT2D eigenvalue weighted by molar-refractivity contribution is -0.130. The normalized spacial score (nSPS) is 12.6. The lowest BCUT2D eigenvalue weighted by Crippen LogP contribution is -2.23. The zero-order valence-corrected chi connectivity index (χ0v) is 49.8. The molecule has 1 aliphatic rings. The Kier molecular flexibility index (Phi) is 19.2. The van der Waals surface area contributed by atoms with E-state index < -0.39 is 5.63 Å². The number of ketones is 4. The van der Waals surface area contributed by atoms with Gasteiger partial charge in [0.05, 0.1) is 90.1 Å². The van der Waals surface area contributed by atoms with E-state index in [1.54, 1.807) is 93.1 Å². The molecule has 1 saturated carbocycles. The van der Waals surface area contributed by atoms with Crippen LogP contribution in [0.3, 0.4) is 0 Å². The van der Waals surface area contributed by atoms with Crippen molar-refractivity contribution in [1.82, 2.24) is 5.16 Å². The number of fused-ring (bicyclic) bond motifs is 9. The molecule has 0 radical (unpaired) electrons. The van der Waals surface area contributed by atoms with Gasteiger partial charge in [-0.05, 0) is 195 Å². The van der Waals surface area contributed by atoms with E-state index in [1.165, 1.54) is 13.0 Å². The fourth-order valence-electron chi connectivity index (χ4n) is 10.6. The van der Waals surface area contributed by atoms with Crippen molar-refractivity contribution in [3.05, 3.63) is 191 Å². The highest BCUT2D eigenvalue weighted by atomic mass is 16.5. The van der Waals surface area contributed by atoms with E-state index in [2.05, 4.69) is 5.16 Å². The minimum Gasteiger partial charge on any atom is -0.507 e. The molecule has 10 aromatic carbocycles. The number of hydrogen-bond donors (Lipinski definition) is 2. The number of rotatable bonds is 10. The predicted molar refractivity (Wildman–Crippen MR) is 339 cm³/mol. The van der Waals surface area contributed by atoms with Crippen LogP contribution in [0.2, 0.25) is 0 Å². The van der Waals surface area contributed by atoms with Gasteiger partial charge in [-0.25, -0.2) is 4.79 Å². The molecule has 0 aliphatic heterocycles. The van der Waals surface area contributed by atoms with Crippen molar-refractivity contribution >= 4 is 98.9 Å². The average molecular weight is 1190 g/mol. The highest BCUT2D eigenvalue weighted by Crippen LogP contribution is 2.39. The van der Waals surface area contributed by atoms with Gasteiger partial charge in [0.25, 0.3) is 0 Å². The van der Waals surface area contributed by atoms with Crippen molar-refractivity contribution in [2.75, 3.05) is 49.8 Å². The van der Waals surface area contributed by atoms with E-state index in [0.717, 1.165) is 99.8 Å². The van der Waals surface area contributed by atoms with Gasteiger partial charge in [-0.1, -0.05) is 41.6 Å². The van der Waals surface area contributed by atoms with E-state index in [9.17, 15) is 34.2 Å².